The third kappa shape index (κ3) is 6.10. The molecule has 8 aromatic rings. The van der Waals surface area contributed by atoms with Gasteiger partial charge in [0, 0.05) is 53.3 Å². The Morgan fingerprint density at radius 2 is 1.12 bits per heavy atom. The smallest absolute Gasteiger partial charge is 0.264 e. The van der Waals surface area contributed by atoms with Crippen LogP contribution >= 0.6 is 22.7 Å². The fraction of sp³-hybridized carbons (Fsp3) is 0.273. The van der Waals surface area contributed by atoms with E-state index in [1.54, 1.807) is 0 Å². The zero-order chi connectivity index (χ0) is 42.2. The number of aryl methyl sites for hydroxylation is 3. The standard InChI is InChI=1S/C55H55BN2S2/c1-32-25-45-49-46(26-32)58(50-33(2)27-35(28-34(50)3)42-31-59-47-16-14-13-15-40(42)47)51-41-29-37(54(7,8)9)20-24-48(41)60-52(51)56(49)43-30-38(55(10,11)12)19-23-44(43)57(45)39-21-17-36(18-22-39)53(4,5)6/h13-31H,1-12H3. The highest BCUT2D eigenvalue weighted by atomic mass is 32.1. The first kappa shape index (κ1) is 39.1. The normalized spacial score (nSPS) is 13.9. The highest BCUT2D eigenvalue weighted by Crippen LogP contribution is 2.51. The van der Waals surface area contributed by atoms with E-state index in [1.807, 2.05) is 22.7 Å². The summed E-state index contributed by atoms with van der Waals surface area (Å²) >= 11 is 3.83. The van der Waals surface area contributed by atoms with Gasteiger partial charge in [-0.05, 0) is 153 Å². The summed E-state index contributed by atoms with van der Waals surface area (Å²) in [5, 5.41) is 5.01. The number of thiophene rings is 2. The molecule has 2 aliphatic rings. The number of hydrogen-bond donors (Lipinski definition) is 0. The maximum atomic E-state index is 2.68. The predicted octanol–water partition coefficient (Wildman–Crippen LogP) is 14.7. The zero-order valence-corrected chi connectivity index (χ0v) is 38.9. The molecule has 0 spiro atoms. The second-order valence-electron chi connectivity index (χ2n) is 20.5. The summed E-state index contributed by atoms with van der Waals surface area (Å²) in [6, 6.07) is 42.6. The van der Waals surface area contributed by atoms with Gasteiger partial charge in [-0.1, -0.05) is 111 Å². The van der Waals surface area contributed by atoms with Crippen molar-refractivity contribution in [3.8, 4) is 11.1 Å². The molecule has 2 aromatic heterocycles. The molecule has 0 atom stereocenters. The third-order valence-electron chi connectivity index (χ3n) is 13.0. The van der Waals surface area contributed by atoms with Crippen molar-refractivity contribution in [3.05, 3.63) is 148 Å². The van der Waals surface area contributed by atoms with Gasteiger partial charge in [-0.3, -0.25) is 0 Å². The summed E-state index contributed by atoms with van der Waals surface area (Å²) in [4.78, 5) is 5.25. The monoisotopic (exact) mass is 818 g/mol. The lowest BCUT2D eigenvalue weighted by atomic mass is 9.36. The Hall–Kier alpha value is -5.10. The van der Waals surface area contributed by atoms with Gasteiger partial charge in [-0.25, -0.2) is 0 Å². The van der Waals surface area contributed by atoms with E-state index in [0.717, 1.165) is 0 Å². The molecule has 0 unspecified atom stereocenters. The van der Waals surface area contributed by atoms with E-state index in [2.05, 4.69) is 207 Å². The number of fused-ring (bicyclic) bond motifs is 7. The lowest BCUT2D eigenvalue weighted by Crippen LogP contribution is -2.60. The molecule has 60 heavy (non-hydrogen) atoms. The van der Waals surface area contributed by atoms with Crippen molar-refractivity contribution < 1.29 is 0 Å². The second kappa shape index (κ2) is 13.5. The van der Waals surface area contributed by atoms with Gasteiger partial charge in [0.1, 0.15) is 0 Å². The first-order valence-electron chi connectivity index (χ1n) is 21.5. The summed E-state index contributed by atoms with van der Waals surface area (Å²) in [6.45, 7) is 28.0. The Morgan fingerprint density at radius 1 is 0.517 bits per heavy atom. The number of benzene rings is 6. The molecule has 0 aliphatic carbocycles. The molecule has 0 saturated carbocycles. The number of hydrogen-bond acceptors (Lipinski definition) is 4. The van der Waals surface area contributed by atoms with Crippen molar-refractivity contribution in [2.75, 3.05) is 9.80 Å². The molecule has 2 nitrogen and oxygen atoms in total. The van der Waals surface area contributed by atoms with Crippen LogP contribution in [0.25, 0.3) is 31.3 Å². The molecule has 10 rings (SSSR count). The molecule has 0 amide bonds. The van der Waals surface area contributed by atoms with E-state index in [4.69, 9.17) is 0 Å². The molecule has 300 valence electrons. The molecule has 0 bridgehead atoms. The zero-order valence-electron chi connectivity index (χ0n) is 37.3. The molecule has 6 aromatic carbocycles. The summed E-state index contributed by atoms with van der Waals surface area (Å²) in [7, 11) is 0. The van der Waals surface area contributed by atoms with Crippen LogP contribution in [0.4, 0.5) is 34.1 Å². The molecule has 5 heteroatoms. The Kier molecular flexibility index (Phi) is 8.76. The van der Waals surface area contributed by atoms with Crippen LogP contribution < -0.4 is 25.5 Å². The summed E-state index contributed by atoms with van der Waals surface area (Å²) in [5.74, 6) is 0. The van der Waals surface area contributed by atoms with Crippen molar-refractivity contribution in [1.82, 2.24) is 0 Å². The SMILES string of the molecule is Cc1cc2c3c(c1)N(c1c(C)cc(-c4csc5ccccc45)cc1C)c1c(sc4ccc(C(C)(C)C)cc14)B3c1cc(C(C)(C)C)ccc1N2c1ccc(C(C)(C)C)cc1. The van der Waals surface area contributed by atoms with Crippen LogP contribution in [0.2, 0.25) is 0 Å². The van der Waals surface area contributed by atoms with Crippen LogP contribution in [0.15, 0.2) is 115 Å². The second-order valence-corrected chi connectivity index (χ2v) is 22.5. The molecular weight excluding hydrogens is 764 g/mol. The molecule has 4 heterocycles. The van der Waals surface area contributed by atoms with Gasteiger partial charge in [0.2, 0.25) is 0 Å². The van der Waals surface area contributed by atoms with Gasteiger partial charge in [0.05, 0.1) is 11.4 Å². The Balaban J connectivity index is 1.29. The van der Waals surface area contributed by atoms with Crippen LogP contribution in [0.3, 0.4) is 0 Å². The Labute approximate surface area is 365 Å². The lowest BCUT2D eigenvalue weighted by molar-refractivity contribution is 0.590. The van der Waals surface area contributed by atoms with Gasteiger partial charge >= 0.3 is 0 Å². The minimum absolute atomic E-state index is 0.000343. The van der Waals surface area contributed by atoms with E-state index in [9.17, 15) is 0 Å². The quantitative estimate of drug-likeness (QED) is 0.164. The molecular formula is C55H55BN2S2. The Morgan fingerprint density at radius 3 is 1.78 bits per heavy atom. The van der Waals surface area contributed by atoms with Crippen LogP contribution in [0.5, 0.6) is 0 Å². The minimum atomic E-state index is -0.000343. The first-order chi connectivity index (χ1) is 28.4. The van der Waals surface area contributed by atoms with Crippen LogP contribution in [0.1, 0.15) is 95.7 Å². The maximum Gasteiger partial charge on any atom is 0.264 e. The summed E-state index contributed by atoms with van der Waals surface area (Å²) in [6.07, 6.45) is 0. The van der Waals surface area contributed by atoms with Gasteiger partial charge in [0.15, 0.2) is 0 Å². The van der Waals surface area contributed by atoms with Crippen molar-refractivity contribution in [2.24, 2.45) is 0 Å². The van der Waals surface area contributed by atoms with Crippen molar-refractivity contribution in [2.45, 2.75) is 99.3 Å². The first-order valence-corrected chi connectivity index (χ1v) is 23.2. The minimum Gasteiger partial charge on any atom is -0.311 e. The van der Waals surface area contributed by atoms with E-state index >= 15 is 0 Å². The van der Waals surface area contributed by atoms with Crippen molar-refractivity contribution >= 4 is 99.4 Å². The maximum absolute atomic E-state index is 2.68. The molecule has 2 aliphatic heterocycles. The topological polar surface area (TPSA) is 6.48 Å². The van der Waals surface area contributed by atoms with E-state index < -0.39 is 0 Å². The highest BCUT2D eigenvalue weighted by molar-refractivity contribution is 7.33. The van der Waals surface area contributed by atoms with Crippen molar-refractivity contribution in [1.29, 1.82) is 0 Å². The summed E-state index contributed by atoms with van der Waals surface area (Å²) < 4.78 is 4.10. The summed E-state index contributed by atoms with van der Waals surface area (Å²) in [5.41, 5.74) is 21.0. The van der Waals surface area contributed by atoms with E-state index in [1.165, 1.54) is 115 Å². The van der Waals surface area contributed by atoms with Gasteiger partial charge in [0.25, 0.3) is 6.71 Å². The fourth-order valence-corrected chi connectivity index (χ4v) is 12.1. The van der Waals surface area contributed by atoms with E-state index in [-0.39, 0.29) is 23.0 Å². The van der Waals surface area contributed by atoms with Gasteiger partial charge < -0.3 is 9.80 Å². The average molecular weight is 819 g/mol. The number of anilines is 6. The molecule has 0 saturated heterocycles. The van der Waals surface area contributed by atoms with Gasteiger partial charge in [-0.15, -0.1) is 22.7 Å². The fourth-order valence-electron chi connectivity index (χ4n) is 9.84. The predicted molar refractivity (Wildman–Crippen MR) is 267 cm³/mol. The Bertz CT molecular complexity index is 3010. The van der Waals surface area contributed by atoms with E-state index in [0.29, 0.717) is 0 Å². The average Bonchev–Trinajstić information content (AvgIpc) is 3.79. The van der Waals surface area contributed by atoms with Crippen molar-refractivity contribution in [3.63, 3.8) is 0 Å². The number of nitrogens with zero attached hydrogens (tertiary/aromatic N) is 2. The highest BCUT2D eigenvalue weighted by Gasteiger charge is 2.46. The number of rotatable bonds is 3. The largest absolute Gasteiger partial charge is 0.311 e. The van der Waals surface area contributed by atoms with Crippen LogP contribution in [-0.2, 0) is 16.2 Å². The lowest BCUT2D eigenvalue weighted by Gasteiger charge is -2.44. The van der Waals surface area contributed by atoms with Crippen LogP contribution in [0, 0.1) is 20.8 Å². The molecule has 0 N–H and O–H groups in total. The third-order valence-corrected chi connectivity index (χ3v) is 15.2. The molecule has 0 radical (unpaired) electrons. The van der Waals surface area contributed by atoms with Crippen LogP contribution in [-0.4, -0.2) is 6.71 Å². The molecule has 0 fully saturated rings. The van der Waals surface area contributed by atoms with Gasteiger partial charge in [-0.2, -0.15) is 0 Å².